The first kappa shape index (κ1) is 11.7. The molecular weight excluding hydrogens is 198 g/mol. The maximum atomic E-state index is 5.72. The van der Waals surface area contributed by atoms with E-state index in [-0.39, 0.29) is 0 Å². The minimum atomic E-state index is 0.475. The van der Waals surface area contributed by atoms with Gasteiger partial charge < -0.3 is 9.73 Å². The summed E-state index contributed by atoms with van der Waals surface area (Å²) in [4.78, 5) is 0. The van der Waals surface area contributed by atoms with E-state index in [0.717, 1.165) is 17.4 Å². The summed E-state index contributed by atoms with van der Waals surface area (Å²) in [5.41, 5.74) is 2.73. The van der Waals surface area contributed by atoms with Gasteiger partial charge in [0.25, 0.3) is 0 Å². The van der Waals surface area contributed by atoms with Crippen LogP contribution in [0.1, 0.15) is 54.4 Å². The molecular formula is C14H23NO. The third-order valence-corrected chi connectivity index (χ3v) is 4.11. The van der Waals surface area contributed by atoms with Gasteiger partial charge in [0.2, 0.25) is 0 Å². The van der Waals surface area contributed by atoms with E-state index in [4.69, 9.17) is 4.42 Å². The lowest BCUT2D eigenvalue weighted by atomic mass is 9.79. The van der Waals surface area contributed by atoms with Crippen molar-refractivity contribution in [2.24, 2.45) is 5.92 Å². The van der Waals surface area contributed by atoms with Crippen LogP contribution in [0.4, 0.5) is 0 Å². The second-order valence-electron chi connectivity index (χ2n) is 5.13. The highest BCUT2D eigenvalue weighted by Crippen LogP contribution is 2.37. The number of nitrogens with one attached hydrogen (secondary N) is 1. The molecule has 0 amide bonds. The summed E-state index contributed by atoms with van der Waals surface area (Å²) in [6, 6.07) is 0.475. The Kier molecular flexibility index (Phi) is 3.38. The van der Waals surface area contributed by atoms with E-state index in [2.05, 4.69) is 33.1 Å². The van der Waals surface area contributed by atoms with Gasteiger partial charge >= 0.3 is 0 Å². The lowest BCUT2D eigenvalue weighted by Crippen LogP contribution is -2.23. The SMILES string of the molecule is CNC(CC1CCC1)c1c(C)oc(C)c1C. The molecule has 1 aliphatic rings. The quantitative estimate of drug-likeness (QED) is 0.839. The van der Waals surface area contributed by atoms with Crippen LogP contribution in [0.5, 0.6) is 0 Å². The minimum Gasteiger partial charge on any atom is -0.466 e. The molecule has 0 bridgehead atoms. The van der Waals surface area contributed by atoms with Gasteiger partial charge in [-0.15, -0.1) is 0 Å². The van der Waals surface area contributed by atoms with Crippen molar-refractivity contribution in [1.82, 2.24) is 5.32 Å². The van der Waals surface area contributed by atoms with E-state index >= 15 is 0 Å². The molecule has 1 fully saturated rings. The molecule has 0 aliphatic heterocycles. The highest BCUT2D eigenvalue weighted by molar-refractivity contribution is 5.34. The molecule has 1 unspecified atom stereocenters. The molecule has 2 heteroatoms. The predicted molar refractivity (Wildman–Crippen MR) is 66.7 cm³/mol. The number of hydrogen-bond donors (Lipinski definition) is 1. The van der Waals surface area contributed by atoms with E-state index in [0.29, 0.717) is 6.04 Å². The largest absolute Gasteiger partial charge is 0.466 e. The van der Waals surface area contributed by atoms with Gasteiger partial charge in [0.05, 0.1) is 0 Å². The van der Waals surface area contributed by atoms with Crippen LogP contribution in [0.15, 0.2) is 4.42 Å². The third kappa shape index (κ3) is 2.03. The van der Waals surface area contributed by atoms with Gasteiger partial charge in [0.15, 0.2) is 0 Å². The summed E-state index contributed by atoms with van der Waals surface area (Å²) in [5.74, 6) is 3.08. The molecule has 1 heterocycles. The molecule has 2 rings (SSSR count). The lowest BCUT2D eigenvalue weighted by Gasteiger charge is -2.29. The highest BCUT2D eigenvalue weighted by atomic mass is 16.3. The number of rotatable bonds is 4. The standard InChI is InChI=1S/C14H23NO/c1-9-10(2)16-11(3)14(9)13(15-4)8-12-6-5-7-12/h12-13,15H,5-8H2,1-4H3. The van der Waals surface area contributed by atoms with Crippen LogP contribution in [-0.2, 0) is 0 Å². The van der Waals surface area contributed by atoms with Gasteiger partial charge in [-0.2, -0.15) is 0 Å². The summed E-state index contributed by atoms with van der Waals surface area (Å²) in [6.45, 7) is 6.31. The highest BCUT2D eigenvalue weighted by Gasteiger charge is 2.26. The minimum absolute atomic E-state index is 0.475. The van der Waals surface area contributed by atoms with Crippen molar-refractivity contribution in [3.05, 3.63) is 22.6 Å². The Morgan fingerprint density at radius 3 is 2.31 bits per heavy atom. The molecule has 0 saturated heterocycles. The van der Waals surface area contributed by atoms with Crippen molar-refractivity contribution >= 4 is 0 Å². The van der Waals surface area contributed by atoms with Crippen LogP contribution < -0.4 is 5.32 Å². The van der Waals surface area contributed by atoms with Crippen LogP contribution in [0.2, 0.25) is 0 Å². The molecule has 0 aromatic carbocycles. The summed E-state index contributed by atoms with van der Waals surface area (Å²) < 4.78 is 5.72. The Morgan fingerprint density at radius 2 is 1.94 bits per heavy atom. The summed E-state index contributed by atoms with van der Waals surface area (Å²) >= 11 is 0. The molecule has 1 atom stereocenters. The van der Waals surface area contributed by atoms with Crippen LogP contribution in [0.3, 0.4) is 0 Å². The zero-order valence-corrected chi connectivity index (χ0v) is 10.9. The molecule has 0 radical (unpaired) electrons. The average Bonchev–Trinajstić information content (AvgIpc) is 2.42. The predicted octanol–water partition coefficient (Wildman–Crippen LogP) is 3.66. The summed E-state index contributed by atoms with van der Waals surface area (Å²) in [6.07, 6.45) is 5.50. The summed E-state index contributed by atoms with van der Waals surface area (Å²) in [7, 11) is 2.06. The zero-order chi connectivity index (χ0) is 11.7. The number of aryl methyl sites for hydroxylation is 2. The summed E-state index contributed by atoms with van der Waals surface area (Å²) in [5, 5.41) is 3.45. The van der Waals surface area contributed by atoms with Crippen molar-refractivity contribution in [3.63, 3.8) is 0 Å². The van der Waals surface area contributed by atoms with Gasteiger partial charge in [0, 0.05) is 11.6 Å². The molecule has 1 aliphatic carbocycles. The van der Waals surface area contributed by atoms with Gasteiger partial charge in [-0.1, -0.05) is 19.3 Å². The Balaban J connectivity index is 2.17. The molecule has 16 heavy (non-hydrogen) atoms. The molecule has 1 N–H and O–H groups in total. The molecule has 0 spiro atoms. The van der Waals surface area contributed by atoms with Crippen molar-refractivity contribution in [2.45, 2.75) is 52.5 Å². The van der Waals surface area contributed by atoms with Crippen LogP contribution >= 0.6 is 0 Å². The zero-order valence-electron chi connectivity index (χ0n) is 10.9. The Hall–Kier alpha value is -0.760. The average molecular weight is 221 g/mol. The van der Waals surface area contributed by atoms with Crippen molar-refractivity contribution in [3.8, 4) is 0 Å². The van der Waals surface area contributed by atoms with Gasteiger partial charge in [-0.3, -0.25) is 0 Å². The molecule has 1 aromatic heterocycles. The first-order valence-electron chi connectivity index (χ1n) is 6.37. The van der Waals surface area contributed by atoms with E-state index in [9.17, 15) is 0 Å². The first-order valence-corrected chi connectivity index (χ1v) is 6.37. The normalized spacial score (nSPS) is 18.5. The Bertz CT molecular complexity index is 363. The van der Waals surface area contributed by atoms with Crippen LogP contribution in [-0.4, -0.2) is 7.05 Å². The molecule has 1 saturated carbocycles. The van der Waals surface area contributed by atoms with Crippen LogP contribution in [0.25, 0.3) is 0 Å². The second-order valence-corrected chi connectivity index (χ2v) is 5.13. The van der Waals surface area contributed by atoms with E-state index < -0.39 is 0 Å². The van der Waals surface area contributed by atoms with E-state index in [1.54, 1.807) is 0 Å². The maximum Gasteiger partial charge on any atom is 0.106 e. The number of furan rings is 1. The fourth-order valence-electron chi connectivity index (χ4n) is 2.76. The fourth-order valence-corrected chi connectivity index (χ4v) is 2.76. The van der Waals surface area contributed by atoms with E-state index in [1.807, 2.05) is 0 Å². The van der Waals surface area contributed by atoms with Crippen molar-refractivity contribution in [1.29, 1.82) is 0 Å². The third-order valence-electron chi connectivity index (χ3n) is 4.11. The van der Waals surface area contributed by atoms with Gasteiger partial charge in [-0.05, 0) is 45.7 Å². The maximum absolute atomic E-state index is 5.72. The second kappa shape index (κ2) is 4.62. The molecule has 1 aromatic rings. The number of hydrogen-bond acceptors (Lipinski definition) is 2. The van der Waals surface area contributed by atoms with E-state index in [1.165, 1.54) is 36.8 Å². The fraction of sp³-hybridized carbons (Fsp3) is 0.714. The topological polar surface area (TPSA) is 25.2 Å². The van der Waals surface area contributed by atoms with Crippen molar-refractivity contribution < 1.29 is 4.42 Å². The van der Waals surface area contributed by atoms with Gasteiger partial charge in [-0.25, -0.2) is 0 Å². The van der Waals surface area contributed by atoms with Gasteiger partial charge in [0.1, 0.15) is 11.5 Å². The van der Waals surface area contributed by atoms with Crippen LogP contribution in [0, 0.1) is 26.7 Å². The first-order chi connectivity index (χ1) is 7.63. The lowest BCUT2D eigenvalue weighted by molar-refractivity contribution is 0.264. The molecule has 90 valence electrons. The Labute approximate surface area is 98.4 Å². The Morgan fingerprint density at radius 1 is 1.25 bits per heavy atom. The van der Waals surface area contributed by atoms with Crippen molar-refractivity contribution in [2.75, 3.05) is 7.05 Å². The monoisotopic (exact) mass is 221 g/mol. The molecule has 2 nitrogen and oxygen atoms in total. The smallest absolute Gasteiger partial charge is 0.106 e.